The van der Waals surface area contributed by atoms with Crippen LogP contribution in [0.1, 0.15) is 11.1 Å². The van der Waals surface area contributed by atoms with Gasteiger partial charge in [0, 0.05) is 24.1 Å². The lowest BCUT2D eigenvalue weighted by Gasteiger charge is -2.17. The van der Waals surface area contributed by atoms with E-state index in [4.69, 9.17) is 9.47 Å². The number of halogens is 1. The molecule has 0 N–H and O–H groups in total. The number of hydrogen-bond donors (Lipinski definition) is 0. The number of methoxy groups -OCH3 is 1. The van der Waals surface area contributed by atoms with Crippen LogP contribution in [-0.2, 0) is 20.9 Å². The van der Waals surface area contributed by atoms with E-state index in [9.17, 15) is 9.59 Å². The van der Waals surface area contributed by atoms with Gasteiger partial charge >= 0.3 is 5.97 Å². The van der Waals surface area contributed by atoms with Crippen molar-refractivity contribution in [1.82, 2.24) is 4.90 Å². The minimum Gasteiger partial charge on any atom is -0.497 e. The summed E-state index contributed by atoms with van der Waals surface area (Å²) in [6.45, 7) is 0.125. The summed E-state index contributed by atoms with van der Waals surface area (Å²) in [5, 5.41) is 0. The van der Waals surface area contributed by atoms with Gasteiger partial charge in [0.1, 0.15) is 5.75 Å². The van der Waals surface area contributed by atoms with Crippen molar-refractivity contribution in [2.45, 2.75) is 6.54 Å². The monoisotopic (exact) mass is 417 g/mol. The predicted octanol–water partition coefficient (Wildman–Crippen LogP) is 3.67. The van der Waals surface area contributed by atoms with Gasteiger partial charge in [0.25, 0.3) is 5.91 Å². The molecule has 0 atom stereocenters. The van der Waals surface area contributed by atoms with E-state index in [1.54, 1.807) is 26.3 Å². The first-order valence-electron chi connectivity index (χ1n) is 7.96. The molecule has 0 radical (unpaired) electrons. The molecule has 0 unspecified atom stereocenters. The highest BCUT2D eigenvalue weighted by molar-refractivity contribution is 9.10. The zero-order valence-corrected chi connectivity index (χ0v) is 16.2. The molecule has 0 aliphatic carbocycles. The zero-order chi connectivity index (χ0) is 18.9. The van der Waals surface area contributed by atoms with Crippen LogP contribution >= 0.6 is 15.9 Å². The SMILES string of the molecule is COc1cccc(/C=C/C(=O)OCC(=O)N(C)Cc2ccccc2Br)c1. The second-order valence-electron chi connectivity index (χ2n) is 5.56. The first kappa shape index (κ1) is 19.7. The third-order valence-electron chi connectivity index (χ3n) is 3.63. The van der Waals surface area contributed by atoms with Gasteiger partial charge < -0.3 is 14.4 Å². The molecule has 0 aliphatic rings. The summed E-state index contributed by atoms with van der Waals surface area (Å²) in [5.41, 5.74) is 1.78. The molecule has 2 rings (SSSR count). The first-order chi connectivity index (χ1) is 12.5. The molecule has 0 aromatic heterocycles. The van der Waals surface area contributed by atoms with E-state index in [0.717, 1.165) is 15.6 Å². The zero-order valence-electron chi connectivity index (χ0n) is 14.6. The fourth-order valence-electron chi connectivity index (χ4n) is 2.17. The van der Waals surface area contributed by atoms with Crippen LogP contribution in [0.2, 0.25) is 0 Å². The molecule has 2 aromatic rings. The van der Waals surface area contributed by atoms with Gasteiger partial charge in [0.15, 0.2) is 6.61 Å². The molecule has 1 amide bonds. The number of carbonyl (C=O) groups excluding carboxylic acids is 2. The van der Waals surface area contributed by atoms with Gasteiger partial charge in [0.2, 0.25) is 0 Å². The van der Waals surface area contributed by atoms with Crippen molar-refractivity contribution in [2.75, 3.05) is 20.8 Å². The normalized spacial score (nSPS) is 10.6. The molecule has 136 valence electrons. The van der Waals surface area contributed by atoms with E-state index in [0.29, 0.717) is 12.3 Å². The number of rotatable bonds is 7. The predicted molar refractivity (Wildman–Crippen MR) is 104 cm³/mol. The van der Waals surface area contributed by atoms with Crippen LogP contribution in [0.5, 0.6) is 5.75 Å². The van der Waals surface area contributed by atoms with Crippen LogP contribution in [-0.4, -0.2) is 37.5 Å². The van der Waals surface area contributed by atoms with Crippen LogP contribution in [0.3, 0.4) is 0 Å². The second kappa shape index (κ2) is 9.77. The van der Waals surface area contributed by atoms with Gasteiger partial charge in [-0.3, -0.25) is 4.79 Å². The van der Waals surface area contributed by atoms with Gasteiger partial charge in [-0.25, -0.2) is 4.79 Å². The fraction of sp³-hybridized carbons (Fsp3) is 0.200. The summed E-state index contributed by atoms with van der Waals surface area (Å²) in [6.07, 6.45) is 2.90. The Kier molecular flexibility index (Phi) is 7.41. The van der Waals surface area contributed by atoms with Gasteiger partial charge in [-0.05, 0) is 35.4 Å². The Labute approximate surface area is 161 Å². The summed E-state index contributed by atoms with van der Waals surface area (Å²) >= 11 is 3.45. The number of amides is 1. The fourth-order valence-corrected chi connectivity index (χ4v) is 2.58. The summed E-state index contributed by atoms with van der Waals surface area (Å²) < 4.78 is 11.1. The van der Waals surface area contributed by atoms with Gasteiger partial charge in [-0.1, -0.05) is 46.3 Å². The van der Waals surface area contributed by atoms with Crippen LogP contribution in [0.25, 0.3) is 6.08 Å². The van der Waals surface area contributed by atoms with E-state index in [1.165, 1.54) is 11.0 Å². The molecule has 0 bridgehead atoms. The highest BCUT2D eigenvalue weighted by Gasteiger charge is 2.12. The summed E-state index contributed by atoms with van der Waals surface area (Å²) in [5.74, 6) is -0.149. The maximum Gasteiger partial charge on any atom is 0.331 e. The lowest BCUT2D eigenvalue weighted by Crippen LogP contribution is -2.30. The molecule has 0 saturated heterocycles. The Hall–Kier alpha value is -2.60. The van der Waals surface area contributed by atoms with Crippen LogP contribution in [0.15, 0.2) is 59.1 Å². The highest BCUT2D eigenvalue weighted by Crippen LogP contribution is 2.17. The molecule has 0 spiro atoms. The van der Waals surface area contributed by atoms with Crippen LogP contribution < -0.4 is 4.74 Å². The molecule has 6 heteroatoms. The van der Waals surface area contributed by atoms with Crippen molar-refractivity contribution < 1.29 is 19.1 Å². The van der Waals surface area contributed by atoms with Crippen molar-refractivity contribution in [3.8, 4) is 5.75 Å². The summed E-state index contributed by atoms with van der Waals surface area (Å²) in [6, 6.07) is 14.9. The third-order valence-corrected chi connectivity index (χ3v) is 4.41. The van der Waals surface area contributed by atoms with E-state index in [2.05, 4.69) is 15.9 Å². The van der Waals surface area contributed by atoms with Gasteiger partial charge in [-0.15, -0.1) is 0 Å². The molecule has 0 heterocycles. The average molecular weight is 418 g/mol. The maximum atomic E-state index is 12.1. The van der Waals surface area contributed by atoms with E-state index in [-0.39, 0.29) is 12.5 Å². The molecule has 2 aromatic carbocycles. The largest absolute Gasteiger partial charge is 0.497 e. The van der Waals surface area contributed by atoms with E-state index >= 15 is 0 Å². The molecular weight excluding hydrogens is 398 g/mol. The van der Waals surface area contributed by atoms with Crippen LogP contribution in [0, 0.1) is 0 Å². The lowest BCUT2D eigenvalue weighted by molar-refractivity contribution is -0.147. The quantitative estimate of drug-likeness (QED) is 0.509. The minimum absolute atomic E-state index is 0.274. The second-order valence-corrected chi connectivity index (χ2v) is 6.41. The molecule has 0 fully saturated rings. The van der Waals surface area contributed by atoms with E-state index in [1.807, 2.05) is 42.5 Å². The number of likely N-dealkylation sites (N-methyl/N-ethyl adjacent to an activating group) is 1. The molecule has 0 saturated carbocycles. The van der Waals surface area contributed by atoms with Crippen molar-refractivity contribution in [1.29, 1.82) is 0 Å². The summed E-state index contributed by atoms with van der Waals surface area (Å²) in [4.78, 5) is 25.4. The molecule has 26 heavy (non-hydrogen) atoms. The summed E-state index contributed by atoms with van der Waals surface area (Å²) in [7, 11) is 3.24. The third kappa shape index (κ3) is 6.04. The molecule has 5 nitrogen and oxygen atoms in total. The standard InChI is InChI=1S/C20H20BrNO4/c1-22(13-16-7-3-4-9-18(16)21)19(23)14-26-20(24)11-10-15-6-5-8-17(12-15)25-2/h3-12H,13-14H2,1-2H3/b11-10+. The van der Waals surface area contributed by atoms with Crippen molar-refractivity contribution >= 4 is 33.9 Å². The minimum atomic E-state index is -0.574. The number of nitrogens with zero attached hydrogens (tertiary/aromatic N) is 1. The molecular formula is C20H20BrNO4. The van der Waals surface area contributed by atoms with Crippen LogP contribution in [0.4, 0.5) is 0 Å². The number of benzene rings is 2. The number of esters is 1. The number of carbonyl (C=O) groups is 2. The maximum absolute atomic E-state index is 12.1. The van der Waals surface area contributed by atoms with Gasteiger partial charge in [0.05, 0.1) is 7.11 Å². The Morgan fingerprint density at radius 3 is 2.65 bits per heavy atom. The smallest absolute Gasteiger partial charge is 0.331 e. The highest BCUT2D eigenvalue weighted by atomic mass is 79.9. The number of hydrogen-bond acceptors (Lipinski definition) is 4. The Bertz CT molecular complexity index is 804. The molecule has 0 aliphatic heterocycles. The number of ether oxygens (including phenoxy) is 2. The first-order valence-corrected chi connectivity index (χ1v) is 8.75. The Balaban J connectivity index is 1.83. The van der Waals surface area contributed by atoms with Gasteiger partial charge in [-0.2, -0.15) is 0 Å². The average Bonchev–Trinajstić information content (AvgIpc) is 2.66. The Morgan fingerprint density at radius 2 is 1.92 bits per heavy atom. The Morgan fingerprint density at radius 1 is 1.15 bits per heavy atom. The lowest BCUT2D eigenvalue weighted by atomic mass is 10.2. The van der Waals surface area contributed by atoms with E-state index < -0.39 is 5.97 Å². The van der Waals surface area contributed by atoms with Crippen molar-refractivity contribution in [2.24, 2.45) is 0 Å². The van der Waals surface area contributed by atoms with Crippen molar-refractivity contribution in [3.63, 3.8) is 0 Å². The topological polar surface area (TPSA) is 55.8 Å². The van der Waals surface area contributed by atoms with Crippen molar-refractivity contribution in [3.05, 3.63) is 70.2 Å².